The van der Waals surface area contributed by atoms with Crippen molar-refractivity contribution in [3.8, 4) is 11.5 Å². The largest absolute Gasteiger partial charge is 0.486 e. The van der Waals surface area contributed by atoms with E-state index in [-0.39, 0.29) is 0 Å². The molecular weight excluding hydrogens is 252 g/mol. The van der Waals surface area contributed by atoms with E-state index in [9.17, 15) is 0 Å². The molecule has 2 heterocycles. The van der Waals surface area contributed by atoms with E-state index in [0.717, 1.165) is 43.5 Å². The number of ether oxygens (including phenoxy) is 2. The Morgan fingerprint density at radius 1 is 1.20 bits per heavy atom. The first-order valence-corrected chi connectivity index (χ1v) is 7.72. The van der Waals surface area contributed by atoms with Crippen LogP contribution in [0.2, 0.25) is 0 Å². The summed E-state index contributed by atoms with van der Waals surface area (Å²) in [5.41, 5.74) is 1.31. The second-order valence-corrected chi connectivity index (χ2v) is 5.64. The zero-order valence-corrected chi connectivity index (χ0v) is 12.0. The second-order valence-electron chi connectivity index (χ2n) is 5.64. The highest BCUT2D eigenvalue weighted by Crippen LogP contribution is 2.30. The molecular formula is C16H24N2O2. The fourth-order valence-corrected chi connectivity index (χ4v) is 2.88. The molecule has 4 nitrogen and oxygen atoms in total. The number of hydrogen-bond acceptors (Lipinski definition) is 4. The van der Waals surface area contributed by atoms with Crippen LogP contribution >= 0.6 is 0 Å². The molecule has 1 fully saturated rings. The number of benzene rings is 1. The Hall–Kier alpha value is -1.26. The van der Waals surface area contributed by atoms with Crippen LogP contribution in [0.25, 0.3) is 0 Å². The van der Waals surface area contributed by atoms with Gasteiger partial charge in [0.25, 0.3) is 0 Å². The quantitative estimate of drug-likeness (QED) is 0.802. The highest BCUT2D eigenvalue weighted by molar-refractivity contribution is 5.43. The third-order valence-corrected chi connectivity index (χ3v) is 4.03. The fourth-order valence-electron chi connectivity index (χ4n) is 2.88. The number of fused-ring (bicyclic) bond motifs is 1. The van der Waals surface area contributed by atoms with Gasteiger partial charge in [0.1, 0.15) is 13.2 Å². The Labute approximate surface area is 120 Å². The molecule has 3 rings (SSSR count). The van der Waals surface area contributed by atoms with Gasteiger partial charge in [-0.25, -0.2) is 0 Å². The zero-order valence-electron chi connectivity index (χ0n) is 12.0. The molecule has 2 aliphatic heterocycles. The number of rotatable bonds is 5. The molecule has 1 saturated heterocycles. The lowest BCUT2D eigenvalue weighted by Gasteiger charge is -2.23. The van der Waals surface area contributed by atoms with Crippen molar-refractivity contribution in [1.82, 2.24) is 10.6 Å². The van der Waals surface area contributed by atoms with Crippen molar-refractivity contribution in [2.45, 2.75) is 19.3 Å². The molecule has 2 N–H and O–H groups in total. The van der Waals surface area contributed by atoms with Crippen LogP contribution in [-0.4, -0.2) is 39.4 Å². The van der Waals surface area contributed by atoms with Crippen LogP contribution in [0.3, 0.4) is 0 Å². The molecule has 0 bridgehead atoms. The third kappa shape index (κ3) is 3.64. The lowest BCUT2D eigenvalue weighted by molar-refractivity contribution is 0.171. The Morgan fingerprint density at radius 2 is 2.10 bits per heavy atom. The molecule has 1 aromatic rings. The molecule has 1 aromatic carbocycles. The lowest BCUT2D eigenvalue weighted by Crippen LogP contribution is -2.36. The van der Waals surface area contributed by atoms with Gasteiger partial charge in [-0.15, -0.1) is 0 Å². The van der Waals surface area contributed by atoms with Crippen LogP contribution in [0.15, 0.2) is 18.2 Å². The van der Waals surface area contributed by atoms with Crippen molar-refractivity contribution in [3.05, 3.63) is 23.8 Å². The average Bonchev–Trinajstić information content (AvgIpc) is 2.52. The first-order chi connectivity index (χ1) is 9.92. The van der Waals surface area contributed by atoms with Crippen LogP contribution < -0.4 is 20.1 Å². The Kier molecular flexibility index (Phi) is 4.77. The molecule has 0 aromatic heterocycles. The summed E-state index contributed by atoms with van der Waals surface area (Å²) in [5.74, 6) is 2.57. The molecule has 0 saturated carbocycles. The van der Waals surface area contributed by atoms with Gasteiger partial charge >= 0.3 is 0 Å². The summed E-state index contributed by atoms with van der Waals surface area (Å²) in [4.78, 5) is 0. The van der Waals surface area contributed by atoms with Crippen molar-refractivity contribution >= 4 is 0 Å². The first-order valence-electron chi connectivity index (χ1n) is 7.72. The molecule has 1 atom stereocenters. The van der Waals surface area contributed by atoms with Crippen LogP contribution in [-0.2, 0) is 6.42 Å². The van der Waals surface area contributed by atoms with Crippen LogP contribution in [0.1, 0.15) is 18.4 Å². The van der Waals surface area contributed by atoms with Crippen LogP contribution in [0.4, 0.5) is 0 Å². The maximum atomic E-state index is 5.61. The second kappa shape index (κ2) is 6.95. The SMILES string of the molecule is c1cc2c(cc1CCNC[C@@H]1CCCNC1)OCCO2. The molecule has 4 heteroatoms. The van der Waals surface area contributed by atoms with Gasteiger partial charge in [-0.3, -0.25) is 0 Å². The van der Waals surface area contributed by atoms with E-state index in [1.165, 1.54) is 24.9 Å². The van der Waals surface area contributed by atoms with Gasteiger partial charge in [0.2, 0.25) is 0 Å². The summed E-state index contributed by atoms with van der Waals surface area (Å²) in [6.07, 6.45) is 3.70. The molecule has 0 amide bonds. The van der Waals surface area contributed by atoms with Crippen molar-refractivity contribution in [3.63, 3.8) is 0 Å². The van der Waals surface area contributed by atoms with Crippen molar-refractivity contribution in [1.29, 1.82) is 0 Å². The van der Waals surface area contributed by atoms with E-state index in [2.05, 4.69) is 22.8 Å². The van der Waals surface area contributed by atoms with Gasteiger partial charge in [0.15, 0.2) is 11.5 Å². The first kappa shape index (κ1) is 13.7. The predicted molar refractivity (Wildman–Crippen MR) is 79.6 cm³/mol. The normalized spacial score (nSPS) is 21.7. The Balaban J connectivity index is 1.41. The molecule has 110 valence electrons. The third-order valence-electron chi connectivity index (χ3n) is 4.03. The van der Waals surface area contributed by atoms with Crippen LogP contribution in [0, 0.1) is 5.92 Å². The van der Waals surface area contributed by atoms with E-state index in [0.29, 0.717) is 13.2 Å². The molecule has 0 unspecified atom stereocenters. The van der Waals surface area contributed by atoms with Crippen molar-refractivity contribution in [2.24, 2.45) is 5.92 Å². The molecule has 2 aliphatic rings. The van der Waals surface area contributed by atoms with E-state index in [1.54, 1.807) is 0 Å². The lowest BCUT2D eigenvalue weighted by atomic mass is 10.00. The summed E-state index contributed by atoms with van der Waals surface area (Å²) in [5, 5.41) is 7.03. The Bertz CT molecular complexity index is 430. The smallest absolute Gasteiger partial charge is 0.161 e. The summed E-state index contributed by atoms with van der Waals surface area (Å²) in [7, 11) is 0. The van der Waals surface area contributed by atoms with E-state index >= 15 is 0 Å². The maximum Gasteiger partial charge on any atom is 0.161 e. The molecule has 0 spiro atoms. The fraction of sp³-hybridized carbons (Fsp3) is 0.625. The number of hydrogen-bond donors (Lipinski definition) is 2. The Morgan fingerprint density at radius 3 is 2.95 bits per heavy atom. The van der Waals surface area contributed by atoms with Gasteiger partial charge in [0, 0.05) is 0 Å². The van der Waals surface area contributed by atoms with Crippen LogP contribution in [0.5, 0.6) is 11.5 Å². The van der Waals surface area contributed by atoms with Gasteiger partial charge in [0.05, 0.1) is 0 Å². The van der Waals surface area contributed by atoms with Gasteiger partial charge < -0.3 is 20.1 Å². The number of nitrogens with one attached hydrogen (secondary N) is 2. The van der Waals surface area contributed by atoms with Gasteiger partial charge in [-0.05, 0) is 69.1 Å². The number of piperidine rings is 1. The standard InChI is InChI=1S/C16H24N2O2/c1-2-14(11-17-6-1)12-18-7-5-13-3-4-15-16(10-13)20-9-8-19-15/h3-4,10,14,17-18H,1-2,5-9,11-12H2/t14-/m1/s1. The summed E-state index contributed by atoms with van der Waals surface area (Å²) < 4.78 is 11.1. The van der Waals surface area contributed by atoms with E-state index < -0.39 is 0 Å². The highest BCUT2D eigenvalue weighted by atomic mass is 16.6. The average molecular weight is 276 g/mol. The molecule has 0 radical (unpaired) electrons. The van der Waals surface area contributed by atoms with Crippen molar-refractivity contribution in [2.75, 3.05) is 39.4 Å². The minimum absolute atomic E-state index is 0.656. The summed E-state index contributed by atoms with van der Waals surface area (Å²) in [6, 6.07) is 6.27. The minimum atomic E-state index is 0.656. The topological polar surface area (TPSA) is 42.5 Å². The van der Waals surface area contributed by atoms with Gasteiger partial charge in [-0.1, -0.05) is 6.07 Å². The maximum absolute atomic E-state index is 5.61. The summed E-state index contributed by atoms with van der Waals surface area (Å²) in [6.45, 7) is 5.81. The summed E-state index contributed by atoms with van der Waals surface area (Å²) >= 11 is 0. The van der Waals surface area contributed by atoms with Gasteiger partial charge in [-0.2, -0.15) is 0 Å². The monoisotopic (exact) mass is 276 g/mol. The zero-order chi connectivity index (χ0) is 13.6. The van der Waals surface area contributed by atoms with E-state index in [1.807, 2.05) is 6.07 Å². The van der Waals surface area contributed by atoms with E-state index in [4.69, 9.17) is 9.47 Å². The molecule has 0 aliphatic carbocycles. The predicted octanol–water partition coefficient (Wildman–Crippen LogP) is 1.59. The highest BCUT2D eigenvalue weighted by Gasteiger charge is 2.13. The van der Waals surface area contributed by atoms with Crippen molar-refractivity contribution < 1.29 is 9.47 Å². The molecule has 20 heavy (non-hydrogen) atoms. The minimum Gasteiger partial charge on any atom is -0.486 e.